The Morgan fingerprint density at radius 3 is 2.45 bits per heavy atom. The lowest BCUT2D eigenvalue weighted by Gasteiger charge is -2.28. The summed E-state index contributed by atoms with van der Waals surface area (Å²) in [7, 11) is 3.17. The van der Waals surface area contributed by atoms with Crippen molar-refractivity contribution < 1.29 is 14.2 Å². The number of nitrogens with zero attached hydrogens (tertiary/aromatic N) is 5. The molecule has 0 spiro atoms. The first-order valence-corrected chi connectivity index (χ1v) is 9.93. The minimum Gasteiger partial charge on any atom is -0.493 e. The SMILES string of the molecule is COc1ccc(/C=C(\C#N)c2nnc(N3CCOCC3)n2-c2ccccc2)cc1OC. The fraction of sp³-hybridized carbons (Fsp3) is 0.261. The van der Waals surface area contributed by atoms with Gasteiger partial charge in [-0.2, -0.15) is 5.26 Å². The van der Waals surface area contributed by atoms with Crippen LogP contribution in [0.25, 0.3) is 17.3 Å². The number of ether oxygens (including phenoxy) is 3. The molecule has 2 aromatic carbocycles. The number of nitriles is 1. The predicted octanol–water partition coefficient (Wildman–Crippen LogP) is 3.19. The van der Waals surface area contributed by atoms with E-state index in [4.69, 9.17) is 14.2 Å². The molecule has 1 aliphatic rings. The van der Waals surface area contributed by atoms with Gasteiger partial charge in [0.05, 0.1) is 38.7 Å². The molecule has 1 saturated heterocycles. The third kappa shape index (κ3) is 4.22. The van der Waals surface area contributed by atoms with Crippen molar-refractivity contribution in [1.82, 2.24) is 14.8 Å². The highest BCUT2D eigenvalue weighted by Gasteiger charge is 2.23. The van der Waals surface area contributed by atoms with Gasteiger partial charge in [-0.25, -0.2) is 0 Å². The number of benzene rings is 2. The summed E-state index contributed by atoms with van der Waals surface area (Å²) in [6.45, 7) is 2.69. The smallest absolute Gasteiger partial charge is 0.232 e. The van der Waals surface area contributed by atoms with Crippen LogP contribution in [0.15, 0.2) is 48.5 Å². The quantitative estimate of drug-likeness (QED) is 0.570. The van der Waals surface area contributed by atoms with Gasteiger partial charge in [-0.1, -0.05) is 24.3 Å². The number of morpholine rings is 1. The van der Waals surface area contributed by atoms with Crippen molar-refractivity contribution in [3.05, 3.63) is 59.9 Å². The average Bonchev–Trinajstić information content (AvgIpc) is 3.28. The number of hydrogen-bond acceptors (Lipinski definition) is 7. The van der Waals surface area contributed by atoms with Gasteiger partial charge >= 0.3 is 0 Å². The first-order chi connectivity index (χ1) is 15.2. The standard InChI is InChI=1S/C23H23N5O3/c1-29-20-9-8-17(15-21(20)30-2)14-18(16-24)22-25-26-23(27-10-12-31-13-11-27)28(22)19-6-4-3-5-7-19/h3-9,14-15H,10-13H2,1-2H3/b18-14+. The summed E-state index contributed by atoms with van der Waals surface area (Å²) in [6, 6.07) is 17.6. The van der Waals surface area contributed by atoms with Crippen LogP contribution in [0, 0.1) is 11.3 Å². The van der Waals surface area contributed by atoms with Gasteiger partial charge in [-0.15, -0.1) is 10.2 Å². The van der Waals surface area contributed by atoms with E-state index < -0.39 is 0 Å². The summed E-state index contributed by atoms with van der Waals surface area (Å²) in [6.07, 6.45) is 1.77. The molecule has 0 atom stereocenters. The molecule has 158 valence electrons. The summed E-state index contributed by atoms with van der Waals surface area (Å²) < 4.78 is 18.1. The zero-order valence-corrected chi connectivity index (χ0v) is 17.5. The van der Waals surface area contributed by atoms with E-state index in [9.17, 15) is 5.26 Å². The lowest BCUT2D eigenvalue weighted by molar-refractivity contribution is 0.122. The number of aromatic nitrogens is 3. The van der Waals surface area contributed by atoms with Crippen molar-refractivity contribution in [2.75, 3.05) is 45.4 Å². The zero-order valence-electron chi connectivity index (χ0n) is 17.5. The minimum absolute atomic E-state index is 0.392. The molecule has 0 amide bonds. The first-order valence-electron chi connectivity index (χ1n) is 9.93. The molecule has 1 fully saturated rings. The molecule has 0 radical (unpaired) electrons. The summed E-state index contributed by atoms with van der Waals surface area (Å²) in [5.74, 6) is 2.38. The van der Waals surface area contributed by atoms with Crippen molar-refractivity contribution in [1.29, 1.82) is 5.26 Å². The van der Waals surface area contributed by atoms with E-state index in [0.29, 0.717) is 55.1 Å². The fourth-order valence-electron chi connectivity index (χ4n) is 3.49. The number of rotatable bonds is 6. The normalized spacial score (nSPS) is 14.2. The molecule has 0 N–H and O–H groups in total. The largest absolute Gasteiger partial charge is 0.493 e. The number of allylic oxidation sites excluding steroid dienone is 1. The van der Waals surface area contributed by atoms with Crippen molar-refractivity contribution in [2.45, 2.75) is 0 Å². The molecule has 1 aromatic heterocycles. The van der Waals surface area contributed by atoms with E-state index in [1.165, 1.54) is 0 Å². The lowest BCUT2D eigenvalue weighted by Crippen LogP contribution is -2.38. The topological polar surface area (TPSA) is 85.4 Å². The maximum Gasteiger partial charge on any atom is 0.232 e. The van der Waals surface area contributed by atoms with Gasteiger partial charge in [0.2, 0.25) is 5.95 Å². The molecular weight excluding hydrogens is 394 g/mol. The number of para-hydroxylation sites is 1. The molecule has 0 saturated carbocycles. The van der Waals surface area contributed by atoms with Crippen molar-refractivity contribution in [3.63, 3.8) is 0 Å². The summed E-state index contributed by atoms with van der Waals surface area (Å²) in [4.78, 5) is 2.12. The van der Waals surface area contributed by atoms with Gasteiger partial charge in [-0.3, -0.25) is 4.57 Å². The lowest BCUT2D eigenvalue weighted by atomic mass is 10.1. The number of hydrogen-bond donors (Lipinski definition) is 0. The van der Waals surface area contributed by atoms with Crippen LogP contribution in [0.3, 0.4) is 0 Å². The maximum absolute atomic E-state index is 9.97. The van der Waals surface area contributed by atoms with Gasteiger partial charge in [0, 0.05) is 13.1 Å². The molecular formula is C23H23N5O3. The Labute approximate surface area is 180 Å². The van der Waals surface area contributed by atoms with E-state index in [1.54, 1.807) is 26.4 Å². The van der Waals surface area contributed by atoms with E-state index >= 15 is 0 Å². The van der Waals surface area contributed by atoms with Gasteiger partial charge in [-0.05, 0) is 35.9 Å². The molecule has 0 bridgehead atoms. The Hall–Kier alpha value is -3.83. The number of methoxy groups -OCH3 is 2. The van der Waals surface area contributed by atoms with E-state index in [1.807, 2.05) is 47.0 Å². The van der Waals surface area contributed by atoms with Crippen molar-refractivity contribution in [2.24, 2.45) is 0 Å². The Morgan fingerprint density at radius 2 is 1.77 bits per heavy atom. The van der Waals surface area contributed by atoms with Crippen LogP contribution in [0.5, 0.6) is 11.5 Å². The second-order valence-electron chi connectivity index (χ2n) is 6.88. The van der Waals surface area contributed by atoms with Crippen LogP contribution < -0.4 is 14.4 Å². The third-order valence-corrected chi connectivity index (χ3v) is 5.03. The molecule has 0 aliphatic carbocycles. The predicted molar refractivity (Wildman–Crippen MR) is 117 cm³/mol. The fourth-order valence-corrected chi connectivity index (χ4v) is 3.49. The highest BCUT2D eigenvalue weighted by atomic mass is 16.5. The second kappa shape index (κ2) is 9.32. The monoisotopic (exact) mass is 417 g/mol. The number of anilines is 1. The van der Waals surface area contributed by atoms with E-state index in [2.05, 4.69) is 21.2 Å². The Bertz CT molecular complexity index is 1110. The molecule has 4 rings (SSSR count). The summed E-state index contributed by atoms with van der Waals surface area (Å²) >= 11 is 0. The van der Waals surface area contributed by atoms with Crippen LogP contribution >= 0.6 is 0 Å². The average molecular weight is 417 g/mol. The van der Waals surface area contributed by atoms with Gasteiger partial charge < -0.3 is 19.1 Å². The van der Waals surface area contributed by atoms with Crippen molar-refractivity contribution >= 4 is 17.6 Å². The first kappa shape index (κ1) is 20.4. The van der Waals surface area contributed by atoms with Crippen LogP contribution in [-0.4, -0.2) is 55.3 Å². The maximum atomic E-state index is 9.97. The third-order valence-electron chi connectivity index (χ3n) is 5.03. The molecule has 8 heteroatoms. The molecule has 2 heterocycles. The highest BCUT2D eigenvalue weighted by molar-refractivity contribution is 5.88. The van der Waals surface area contributed by atoms with Gasteiger partial charge in [0.25, 0.3) is 0 Å². The highest BCUT2D eigenvalue weighted by Crippen LogP contribution is 2.30. The van der Waals surface area contributed by atoms with E-state index in [-0.39, 0.29) is 0 Å². The van der Waals surface area contributed by atoms with Gasteiger partial charge in [0.1, 0.15) is 6.07 Å². The Morgan fingerprint density at radius 1 is 1.03 bits per heavy atom. The molecule has 1 aliphatic heterocycles. The van der Waals surface area contributed by atoms with Crippen LogP contribution in [0.4, 0.5) is 5.95 Å². The molecule has 0 unspecified atom stereocenters. The van der Waals surface area contributed by atoms with Crippen LogP contribution in [0.2, 0.25) is 0 Å². The Kier molecular flexibility index (Phi) is 6.15. The minimum atomic E-state index is 0.392. The molecule has 31 heavy (non-hydrogen) atoms. The Balaban J connectivity index is 1.81. The molecule has 3 aromatic rings. The van der Waals surface area contributed by atoms with Crippen LogP contribution in [-0.2, 0) is 4.74 Å². The molecule has 8 nitrogen and oxygen atoms in total. The van der Waals surface area contributed by atoms with E-state index in [0.717, 1.165) is 11.3 Å². The van der Waals surface area contributed by atoms with Crippen molar-refractivity contribution in [3.8, 4) is 23.3 Å². The second-order valence-corrected chi connectivity index (χ2v) is 6.88. The van der Waals surface area contributed by atoms with Gasteiger partial charge in [0.15, 0.2) is 17.3 Å². The van der Waals surface area contributed by atoms with Crippen LogP contribution in [0.1, 0.15) is 11.4 Å². The summed E-state index contributed by atoms with van der Waals surface area (Å²) in [5, 5.41) is 18.8. The summed E-state index contributed by atoms with van der Waals surface area (Å²) in [5.41, 5.74) is 2.07. The zero-order chi connectivity index (χ0) is 21.6.